The van der Waals surface area contributed by atoms with Crippen LogP contribution in [0, 0.1) is 6.92 Å². The third-order valence-electron chi connectivity index (χ3n) is 3.50. The van der Waals surface area contributed by atoms with Gasteiger partial charge in [0, 0.05) is 24.8 Å². The number of nitrogens with zero attached hydrogens (tertiary/aromatic N) is 1. The van der Waals surface area contributed by atoms with Gasteiger partial charge in [-0.2, -0.15) is 0 Å². The number of rotatable bonds is 2. The monoisotopic (exact) mass is 268 g/mol. The molecule has 1 aromatic rings. The maximum Gasteiger partial charge on any atom is 0.154 e. The van der Waals surface area contributed by atoms with Gasteiger partial charge < -0.3 is 10.6 Å². The van der Waals surface area contributed by atoms with Crippen LogP contribution in [0.3, 0.4) is 0 Å². The minimum absolute atomic E-state index is 0.00940. The highest BCUT2D eigenvalue weighted by Gasteiger charge is 2.29. The third kappa shape index (κ3) is 2.52. The van der Waals surface area contributed by atoms with E-state index >= 15 is 0 Å². The Hall–Kier alpha value is -1.07. The minimum Gasteiger partial charge on any atom is -0.366 e. The molecule has 1 aromatic carbocycles. The van der Waals surface area contributed by atoms with Gasteiger partial charge in [-0.05, 0) is 25.0 Å². The lowest BCUT2D eigenvalue weighted by molar-refractivity contribution is 0.567. The zero-order chi connectivity index (χ0) is 13.3. The van der Waals surface area contributed by atoms with Crippen LogP contribution in [-0.4, -0.2) is 32.5 Å². The standard InChI is InChI=1S/C13H20N2O2S/c1-10-4-3-5-12(8-14)13(10)15-6-7-18(16,17)9-11(15)2/h3-5,11H,6-9,14H2,1-2H3. The molecule has 0 amide bonds. The Morgan fingerprint density at radius 3 is 2.78 bits per heavy atom. The first-order chi connectivity index (χ1) is 8.44. The van der Waals surface area contributed by atoms with E-state index in [-0.39, 0.29) is 17.5 Å². The van der Waals surface area contributed by atoms with Crippen molar-refractivity contribution >= 4 is 15.5 Å². The predicted octanol–water partition coefficient (Wildman–Crippen LogP) is 1.08. The zero-order valence-corrected chi connectivity index (χ0v) is 11.7. The Morgan fingerprint density at radius 1 is 1.44 bits per heavy atom. The first kappa shape index (κ1) is 13.4. The molecule has 1 heterocycles. The van der Waals surface area contributed by atoms with E-state index in [1.54, 1.807) is 0 Å². The summed E-state index contributed by atoms with van der Waals surface area (Å²) in [6, 6.07) is 6.06. The molecule has 5 heteroatoms. The van der Waals surface area contributed by atoms with E-state index in [9.17, 15) is 8.42 Å². The summed E-state index contributed by atoms with van der Waals surface area (Å²) in [6.07, 6.45) is 0. The summed E-state index contributed by atoms with van der Waals surface area (Å²) in [5.74, 6) is 0.459. The fourth-order valence-corrected chi connectivity index (χ4v) is 4.18. The lowest BCUT2D eigenvalue weighted by Crippen LogP contribution is -2.47. The van der Waals surface area contributed by atoms with E-state index in [4.69, 9.17) is 5.73 Å². The maximum atomic E-state index is 11.6. The Kier molecular flexibility index (Phi) is 3.64. The number of aryl methyl sites for hydroxylation is 1. The van der Waals surface area contributed by atoms with Crippen LogP contribution in [0.25, 0.3) is 0 Å². The Labute approximate surface area is 109 Å². The molecule has 1 unspecified atom stereocenters. The average molecular weight is 268 g/mol. The fourth-order valence-electron chi connectivity index (χ4n) is 2.63. The number of para-hydroxylation sites is 1. The van der Waals surface area contributed by atoms with Gasteiger partial charge in [0.1, 0.15) is 0 Å². The molecule has 100 valence electrons. The molecule has 0 saturated carbocycles. The summed E-state index contributed by atoms with van der Waals surface area (Å²) in [6.45, 7) is 5.04. The van der Waals surface area contributed by atoms with Gasteiger partial charge in [-0.15, -0.1) is 0 Å². The van der Waals surface area contributed by atoms with Gasteiger partial charge in [0.15, 0.2) is 9.84 Å². The second-order valence-corrected chi connectivity index (χ2v) is 7.17. The van der Waals surface area contributed by atoms with Crippen molar-refractivity contribution in [2.24, 2.45) is 5.73 Å². The molecule has 1 aliphatic heterocycles. The summed E-state index contributed by atoms with van der Waals surface area (Å²) in [7, 11) is -2.88. The summed E-state index contributed by atoms with van der Waals surface area (Å²) >= 11 is 0. The van der Waals surface area contributed by atoms with Crippen molar-refractivity contribution < 1.29 is 8.42 Å². The van der Waals surface area contributed by atoms with Gasteiger partial charge in [0.2, 0.25) is 0 Å². The molecule has 1 atom stereocenters. The lowest BCUT2D eigenvalue weighted by atomic mass is 10.1. The number of hydrogen-bond acceptors (Lipinski definition) is 4. The largest absolute Gasteiger partial charge is 0.366 e. The van der Waals surface area contributed by atoms with Crippen LogP contribution in [0.4, 0.5) is 5.69 Å². The quantitative estimate of drug-likeness (QED) is 0.871. The molecule has 0 bridgehead atoms. The number of benzene rings is 1. The lowest BCUT2D eigenvalue weighted by Gasteiger charge is -2.37. The van der Waals surface area contributed by atoms with Crippen LogP contribution in [0.15, 0.2) is 18.2 Å². The highest BCUT2D eigenvalue weighted by Crippen LogP contribution is 2.29. The Bertz CT molecular complexity index is 540. The van der Waals surface area contributed by atoms with Crippen molar-refractivity contribution in [1.29, 1.82) is 0 Å². The maximum absolute atomic E-state index is 11.6. The summed E-state index contributed by atoms with van der Waals surface area (Å²) in [5, 5.41) is 0. The summed E-state index contributed by atoms with van der Waals surface area (Å²) in [4.78, 5) is 2.18. The second-order valence-electron chi connectivity index (χ2n) is 4.94. The van der Waals surface area contributed by atoms with Crippen molar-refractivity contribution in [3.05, 3.63) is 29.3 Å². The van der Waals surface area contributed by atoms with E-state index < -0.39 is 9.84 Å². The van der Waals surface area contributed by atoms with Crippen LogP contribution in [0.2, 0.25) is 0 Å². The molecule has 0 spiro atoms. The van der Waals surface area contributed by atoms with Gasteiger partial charge >= 0.3 is 0 Å². The summed E-state index contributed by atoms with van der Waals surface area (Å²) in [5.41, 5.74) is 9.13. The molecule has 18 heavy (non-hydrogen) atoms. The van der Waals surface area contributed by atoms with Gasteiger partial charge in [0.05, 0.1) is 11.5 Å². The second kappa shape index (κ2) is 4.90. The number of anilines is 1. The zero-order valence-electron chi connectivity index (χ0n) is 10.9. The van der Waals surface area contributed by atoms with E-state index in [1.165, 1.54) is 0 Å². The molecule has 1 fully saturated rings. The molecule has 2 N–H and O–H groups in total. The molecule has 1 aliphatic rings. The highest BCUT2D eigenvalue weighted by molar-refractivity contribution is 7.91. The van der Waals surface area contributed by atoms with Crippen molar-refractivity contribution in [2.75, 3.05) is 23.0 Å². The molecule has 0 aromatic heterocycles. The SMILES string of the molecule is Cc1cccc(CN)c1N1CCS(=O)(=O)CC1C. The van der Waals surface area contributed by atoms with E-state index in [0.29, 0.717) is 13.1 Å². The first-order valence-corrected chi connectivity index (χ1v) is 8.02. The number of sulfone groups is 1. The van der Waals surface area contributed by atoms with E-state index in [2.05, 4.69) is 4.90 Å². The fraction of sp³-hybridized carbons (Fsp3) is 0.538. The van der Waals surface area contributed by atoms with Crippen LogP contribution in [-0.2, 0) is 16.4 Å². The average Bonchev–Trinajstić information content (AvgIpc) is 2.29. The van der Waals surface area contributed by atoms with Crippen molar-refractivity contribution in [1.82, 2.24) is 0 Å². The normalized spacial score (nSPS) is 23.1. The molecule has 1 saturated heterocycles. The van der Waals surface area contributed by atoms with E-state index in [1.807, 2.05) is 32.0 Å². The van der Waals surface area contributed by atoms with Crippen molar-refractivity contribution in [3.8, 4) is 0 Å². The van der Waals surface area contributed by atoms with Crippen molar-refractivity contribution in [2.45, 2.75) is 26.4 Å². The predicted molar refractivity (Wildman–Crippen MR) is 74.5 cm³/mol. The Morgan fingerprint density at radius 2 is 2.17 bits per heavy atom. The van der Waals surface area contributed by atoms with Crippen LogP contribution < -0.4 is 10.6 Å². The minimum atomic E-state index is -2.88. The number of nitrogens with two attached hydrogens (primary N) is 1. The molecule has 0 radical (unpaired) electrons. The topological polar surface area (TPSA) is 63.4 Å². The highest BCUT2D eigenvalue weighted by atomic mass is 32.2. The Balaban J connectivity index is 2.38. The molecular formula is C13H20N2O2S. The van der Waals surface area contributed by atoms with Gasteiger partial charge in [-0.1, -0.05) is 18.2 Å². The molecular weight excluding hydrogens is 248 g/mol. The van der Waals surface area contributed by atoms with E-state index in [0.717, 1.165) is 16.8 Å². The van der Waals surface area contributed by atoms with Crippen molar-refractivity contribution in [3.63, 3.8) is 0 Å². The summed E-state index contributed by atoms with van der Waals surface area (Å²) < 4.78 is 23.3. The molecule has 0 aliphatic carbocycles. The van der Waals surface area contributed by atoms with Crippen LogP contribution >= 0.6 is 0 Å². The third-order valence-corrected chi connectivity index (χ3v) is 5.29. The smallest absolute Gasteiger partial charge is 0.154 e. The van der Waals surface area contributed by atoms with Crippen LogP contribution in [0.1, 0.15) is 18.1 Å². The van der Waals surface area contributed by atoms with Gasteiger partial charge in [0.25, 0.3) is 0 Å². The first-order valence-electron chi connectivity index (χ1n) is 6.20. The van der Waals surface area contributed by atoms with Gasteiger partial charge in [-0.25, -0.2) is 8.42 Å². The number of hydrogen-bond donors (Lipinski definition) is 1. The molecule has 4 nitrogen and oxygen atoms in total. The van der Waals surface area contributed by atoms with Crippen LogP contribution in [0.5, 0.6) is 0 Å². The van der Waals surface area contributed by atoms with Gasteiger partial charge in [-0.3, -0.25) is 0 Å². The molecule has 2 rings (SSSR count).